The van der Waals surface area contributed by atoms with E-state index in [2.05, 4.69) is 15.6 Å². The molecule has 1 aromatic carbocycles. The summed E-state index contributed by atoms with van der Waals surface area (Å²) in [6.45, 7) is 7.07. The molecule has 2 N–H and O–H groups in total. The molecule has 1 unspecified atom stereocenters. The number of nitrogens with one attached hydrogen (secondary N) is 2. The predicted octanol–water partition coefficient (Wildman–Crippen LogP) is 4.13. The van der Waals surface area contributed by atoms with Crippen LogP contribution in [0.4, 0.5) is 23.1 Å². The van der Waals surface area contributed by atoms with Crippen LogP contribution in [0.25, 0.3) is 10.2 Å². The largest absolute Gasteiger partial charge is 0.379 e. The van der Waals surface area contributed by atoms with E-state index in [4.69, 9.17) is 9.72 Å². The zero-order valence-electron chi connectivity index (χ0n) is 18.4. The second-order valence-electron chi connectivity index (χ2n) is 9.15. The summed E-state index contributed by atoms with van der Waals surface area (Å²) in [4.78, 5) is 10.3. The maximum Gasteiger partial charge on any atom is 0.240 e. The molecule has 4 heterocycles. The molecule has 0 aliphatic carbocycles. The molecule has 0 spiro atoms. The third kappa shape index (κ3) is 3.80. The van der Waals surface area contributed by atoms with Crippen LogP contribution in [0, 0.1) is 0 Å². The van der Waals surface area contributed by atoms with Gasteiger partial charge in [-0.15, -0.1) is 11.3 Å². The van der Waals surface area contributed by atoms with Crippen LogP contribution in [0.1, 0.15) is 32.8 Å². The van der Waals surface area contributed by atoms with E-state index in [9.17, 15) is 8.42 Å². The lowest BCUT2D eigenvalue weighted by Gasteiger charge is -2.28. The first-order chi connectivity index (χ1) is 15.2. The number of sulfonamides is 1. The summed E-state index contributed by atoms with van der Waals surface area (Å²) in [5, 5.41) is 9.69. The van der Waals surface area contributed by atoms with E-state index in [0.717, 1.165) is 40.2 Å². The molecule has 0 bridgehead atoms. The van der Waals surface area contributed by atoms with Crippen molar-refractivity contribution in [2.45, 2.75) is 44.4 Å². The highest BCUT2D eigenvalue weighted by Crippen LogP contribution is 2.37. The minimum atomic E-state index is -3.47. The summed E-state index contributed by atoms with van der Waals surface area (Å²) in [5.41, 5.74) is 2.57. The Hall–Kier alpha value is -2.43. The molecular formula is C22H27N5O3S2. The van der Waals surface area contributed by atoms with Crippen molar-refractivity contribution < 1.29 is 13.2 Å². The number of nitrogens with zero attached hydrogens (tertiary/aromatic N) is 3. The average molecular weight is 474 g/mol. The maximum atomic E-state index is 13.1. The number of rotatable bonds is 5. The lowest BCUT2D eigenvalue weighted by atomic mass is 10.1. The number of anilines is 4. The molecule has 1 fully saturated rings. The Morgan fingerprint density at radius 3 is 2.81 bits per heavy atom. The number of hydrogen-bond acceptors (Lipinski definition) is 8. The van der Waals surface area contributed by atoms with Gasteiger partial charge in [0, 0.05) is 18.8 Å². The summed E-state index contributed by atoms with van der Waals surface area (Å²) in [7, 11) is -3.47. The summed E-state index contributed by atoms with van der Waals surface area (Å²) in [5.74, 6) is 1.26. The third-order valence-corrected chi connectivity index (χ3v) is 9.17. The van der Waals surface area contributed by atoms with Crippen molar-refractivity contribution in [1.82, 2.24) is 9.97 Å². The summed E-state index contributed by atoms with van der Waals surface area (Å²) < 4.78 is 32.3. The van der Waals surface area contributed by atoms with Crippen LogP contribution in [0.2, 0.25) is 0 Å². The van der Waals surface area contributed by atoms with Gasteiger partial charge in [-0.25, -0.2) is 13.4 Å². The van der Waals surface area contributed by atoms with Crippen molar-refractivity contribution in [3.05, 3.63) is 35.2 Å². The molecule has 3 aromatic rings. The van der Waals surface area contributed by atoms with Crippen molar-refractivity contribution in [2.24, 2.45) is 0 Å². The van der Waals surface area contributed by atoms with Gasteiger partial charge in [0.15, 0.2) is 0 Å². The lowest BCUT2D eigenvalue weighted by Crippen LogP contribution is -2.42. The highest BCUT2D eigenvalue weighted by atomic mass is 32.2. The zero-order valence-corrected chi connectivity index (χ0v) is 20.0. The van der Waals surface area contributed by atoms with E-state index in [1.54, 1.807) is 36.4 Å². The third-order valence-electron chi connectivity index (χ3n) is 5.85. The second-order valence-corrected chi connectivity index (χ2v) is 12.7. The maximum absolute atomic E-state index is 13.1. The normalized spacial score (nSPS) is 18.8. The fraction of sp³-hybridized carbons (Fsp3) is 0.455. The van der Waals surface area contributed by atoms with Crippen LogP contribution < -0.4 is 14.9 Å². The summed E-state index contributed by atoms with van der Waals surface area (Å²) in [6.07, 6.45) is 1.64. The molecule has 170 valence electrons. The molecule has 0 amide bonds. The van der Waals surface area contributed by atoms with Gasteiger partial charge in [0.05, 0.1) is 28.5 Å². The van der Waals surface area contributed by atoms with Crippen molar-refractivity contribution in [1.29, 1.82) is 0 Å². The molecular weight excluding hydrogens is 446 g/mol. The Balaban J connectivity index is 1.47. The lowest BCUT2D eigenvalue weighted by molar-refractivity contribution is 0.195. The van der Waals surface area contributed by atoms with Gasteiger partial charge in [-0.3, -0.25) is 4.31 Å². The Morgan fingerprint density at radius 2 is 2.06 bits per heavy atom. The predicted molar refractivity (Wildman–Crippen MR) is 130 cm³/mol. The fourth-order valence-electron chi connectivity index (χ4n) is 3.99. The van der Waals surface area contributed by atoms with Crippen molar-refractivity contribution in [2.75, 3.05) is 34.7 Å². The van der Waals surface area contributed by atoms with E-state index < -0.39 is 14.8 Å². The molecule has 5 rings (SSSR count). The number of benzene rings is 1. The average Bonchev–Trinajstić information content (AvgIpc) is 3.47. The zero-order chi connectivity index (χ0) is 22.5. The van der Waals surface area contributed by atoms with Crippen LogP contribution >= 0.6 is 11.3 Å². The number of fused-ring (bicyclic) bond motifs is 2. The molecule has 0 saturated carbocycles. The first-order valence-corrected chi connectivity index (χ1v) is 13.1. The van der Waals surface area contributed by atoms with Crippen LogP contribution in [0.3, 0.4) is 0 Å². The van der Waals surface area contributed by atoms with Gasteiger partial charge in [-0.05, 0) is 62.8 Å². The quantitative estimate of drug-likeness (QED) is 0.575. The van der Waals surface area contributed by atoms with Crippen LogP contribution in [0.15, 0.2) is 29.6 Å². The highest BCUT2D eigenvalue weighted by molar-refractivity contribution is 7.94. The standard InChI is InChI=1S/C22H27N5O3S2/c1-22(2,3)32(28,29)27-9-6-14-4-5-15(12-18(14)27)23-19-17-8-11-31-20(17)26-21(25-19)24-16-7-10-30-13-16/h4-5,8,11-12,16H,6-7,9-10,13H2,1-3H3,(H2,23,24,25,26). The monoisotopic (exact) mass is 473 g/mol. The number of ether oxygens (including phenoxy) is 1. The highest BCUT2D eigenvalue weighted by Gasteiger charge is 2.38. The minimum absolute atomic E-state index is 0.205. The van der Waals surface area contributed by atoms with E-state index >= 15 is 0 Å². The fourth-order valence-corrected chi connectivity index (χ4v) is 6.18. The SMILES string of the molecule is CC(C)(C)S(=O)(=O)N1CCc2ccc(Nc3nc(NC4CCOC4)nc4sccc34)cc21. The van der Waals surface area contributed by atoms with Gasteiger partial charge in [-0.2, -0.15) is 4.98 Å². The Kier molecular flexibility index (Phi) is 5.26. The van der Waals surface area contributed by atoms with E-state index in [1.165, 1.54) is 0 Å². The number of hydrogen-bond donors (Lipinski definition) is 2. The molecule has 1 saturated heterocycles. The van der Waals surface area contributed by atoms with E-state index in [1.807, 2.05) is 29.6 Å². The minimum Gasteiger partial charge on any atom is -0.379 e. The van der Waals surface area contributed by atoms with Crippen LogP contribution in [-0.4, -0.2) is 48.9 Å². The number of thiophene rings is 1. The van der Waals surface area contributed by atoms with Gasteiger partial charge < -0.3 is 15.4 Å². The first kappa shape index (κ1) is 21.4. The Morgan fingerprint density at radius 1 is 1.22 bits per heavy atom. The van der Waals surface area contributed by atoms with Crippen molar-refractivity contribution in [3.8, 4) is 0 Å². The van der Waals surface area contributed by atoms with Gasteiger partial charge in [0.1, 0.15) is 10.6 Å². The molecule has 10 heteroatoms. The molecule has 32 heavy (non-hydrogen) atoms. The smallest absolute Gasteiger partial charge is 0.240 e. The number of aromatic nitrogens is 2. The Bertz CT molecular complexity index is 1260. The molecule has 2 aromatic heterocycles. The van der Waals surface area contributed by atoms with Crippen molar-refractivity contribution >= 4 is 54.7 Å². The molecule has 0 radical (unpaired) electrons. The van der Waals surface area contributed by atoms with Crippen LogP contribution in [-0.2, 0) is 21.2 Å². The molecule has 2 aliphatic heterocycles. The Labute approximate surface area is 192 Å². The van der Waals surface area contributed by atoms with Crippen molar-refractivity contribution in [3.63, 3.8) is 0 Å². The van der Waals surface area contributed by atoms with Gasteiger partial charge in [-0.1, -0.05) is 6.07 Å². The molecule has 2 aliphatic rings. The van der Waals surface area contributed by atoms with Gasteiger partial charge in [0.2, 0.25) is 16.0 Å². The molecule has 1 atom stereocenters. The summed E-state index contributed by atoms with van der Waals surface area (Å²) >= 11 is 1.56. The second kappa shape index (κ2) is 7.86. The van der Waals surface area contributed by atoms with Gasteiger partial charge >= 0.3 is 0 Å². The topological polar surface area (TPSA) is 96.5 Å². The molecule has 8 nitrogen and oxygen atoms in total. The van der Waals surface area contributed by atoms with E-state index in [-0.39, 0.29) is 6.04 Å². The van der Waals surface area contributed by atoms with Crippen LogP contribution in [0.5, 0.6) is 0 Å². The van der Waals surface area contributed by atoms with E-state index in [0.29, 0.717) is 31.3 Å². The first-order valence-electron chi connectivity index (χ1n) is 10.7. The summed E-state index contributed by atoms with van der Waals surface area (Å²) in [6, 6.07) is 8.08. The van der Waals surface area contributed by atoms with Gasteiger partial charge in [0.25, 0.3) is 0 Å².